The van der Waals surface area contributed by atoms with Gasteiger partial charge in [-0.05, 0) is 40.5 Å². The van der Waals surface area contributed by atoms with E-state index in [1.165, 1.54) is 0 Å². The van der Waals surface area contributed by atoms with Crippen LogP contribution in [0.5, 0.6) is 0 Å². The molecule has 1 rings (SSSR count). The van der Waals surface area contributed by atoms with Crippen LogP contribution in [-0.2, 0) is 14.8 Å². The molecule has 108 valence electrons. The number of nitrogens with one attached hydrogen (secondary N) is 2. The van der Waals surface area contributed by atoms with Crippen molar-refractivity contribution in [2.45, 2.75) is 57.4 Å². The summed E-state index contributed by atoms with van der Waals surface area (Å²) >= 11 is 0. The van der Waals surface area contributed by atoms with E-state index in [4.69, 9.17) is 4.74 Å². The Labute approximate surface area is 111 Å². The van der Waals surface area contributed by atoms with Gasteiger partial charge in [0.1, 0.15) is 0 Å². The van der Waals surface area contributed by atoms with Gasteiger partial charge in [0, 0.05) is 25.7 Å². The van der Waals surface area contributed by atoms with Crippen molar-refractivity contribution in [3.8, 4) is 0 Å². The molecule has 0 aromatic rings. The molecule has 2 N–H and O–H groups in total. The predicted molar refractivity (Wildman–Crippen MR) is 73.1 cm³/mol. The molecular weight excluding hydrogens is 252 g/mol. The SMILES string of the molecule is CCOC(C)(C)CNS(=O)(=O)C(C)CNC1CC1. The van der Waals surface area contributed by atoms with Gasteiger partial charge in [-0.1, -0.05) is 0 Å². The van der Waals surface area contributed by atoms with Gasteiger partial charge in [0.2, 0.25) is 10.0 Å². The molecule has 1 unspecified atom stereocenters. The van der Waals surface area contributed by atoms with E-state index in [0.717, 1.165) is 12.8 Å². The molecule has 0 spiro atoms. The quantitative estimate of drug-likeness (QED) is 0.656. The zero-order chi connectivity index (χ0) is 13.8. The maximum Gasteiger partial charge on any atom is 0.215 e. The molecule has 0 saturated heterocycles. The average molecular weight is 278 g/mol. The number of hydrogen-bond acceptors (Lipinski definition) is 4. The standard InChI is InChI=1S/C12H26N2O3S/c1-5-17-12(3,4)9-14-18(15,16)10(2)8-13-11-6-7-11/h10-11,13-14H,5-9H2,1-4H3. The second-order valence-corrected chi connectivity index (χ2v) is 7.74. The third kappa shape index (κ3) is 5.65. The minimum Gasteiger partial charge on any atom is -0.375 e. The van der Waals surface area contributed by atoms with Gasteiger partial charge in [-0.25, -0.2) is 13.1 Å². The van der Waals surface area contributed by atoms with E-state index in [9.17, 15) is 8.42 Å². The molecule has 1 saturated carbocycles. The van der Waals surface area contributed by atoms with E-state index in [2.05, 4.69) is 10.0 Å². The topological polar surface area (TPSA) is 67.4 Å². The van der Waals surface area contributed by atoms with Crippen molar-refractivity contribution in [3.63, 3.8) is 0 Å². The van der Waals surface area contributed by atoms with Gasteiger partial charge in [0.25, 0.3) is 0 Å². The highest BCUT2D eigenvalue weighted by Gasteiger charge is 2.27. The molecular formula is C12H26N2O3S. The number of ether oxygens (including phenoxy) is 1. The summed E-state index contributed by atoms with van der Waals surface area (Å²) in [5.41, 5.74) is -0.467. The first-order valence-electron chi connectivity index (χ1n) is 6.62. The minimum absolute atomic E-state index is 0.303. The molecule has 6 heteroatoms. The number of rotatable bonds is 9. The summed E-state index contributed by atoms with van der Waals surface area (Å²) < 4.78 is 32.1. The van der Waals surface area contributed by atoms with Crippen molar-refractivity contribution < 1.29 is 13.2 Å². The molecule has 0 aliphatic heterocycles. The lowest BCUT2D eigenvalue weighted by molar-refractivity contribution is -0.00518. The summed E-state index contributed by atoms with van der Waals surface area (Å²) in [6, 6.07) is 0.530. The first kappa shape index (κ1) is 15.9. The zero-order valence-corrected chi connectivity index (χ0v) is 12.6. The second-order valence-electron chi connectivity index (χ2n) is 5.55. The lowest BCUT2D eigenvalue weighted by atomic mass is 10.1. The molecule has 1 atom stereocenters. The largest absolute Gasteiger partial charge is 0.375 e. The smallest absolute Gasteiger partial charge is 0.215 e. The zero-order valence-electron chi connectivity index (χ0n) is 11.8. The highest BCUT2D eigenvalue weighted by Crippen LogP contribution is 2.18. The van der Waals surface area contributed by atoms with Gasteiger partial charge in [-0.3, -0.25) is 0 Å². The van der Waals surface area contributed by atoms with Gasteiger partial charge < -0.3 is 10.1 Å². The van der Waals surface area contributed by atoms with Crippen LogP contribution in [0.25, 0.3) is 0 Å². The first-order valence-corrected chi connectivity index (χ1v) is 8.17. The Morgan fingerprint density at radius 3 is 2.50 bits per heavy atom. The van der Waals surface area contributed by atoms with Crippen LogP contribution in [0.3, 0.4) is 0 Å². The Morgan fingerprint density at radius 1 is 1.39 bits per heavy atom. The molecule has 0 heterocycles. The lowest BCUT2D eigenvalue weighted by Crippen LogP contribution is -2.45. The molecule has 18 heavy (non-hydrogen) atoms. The summed E-state index contributed by atoms with van der Waals surface area (Å²) in [4.78, 5) is 0. The van der Waals surface area contributed by atoms with E-state index in [0.29, 0.717) is 25.7 Å². The summed E-state index contributed by atoms with van der Waals surface area (Å²) in [6.45, 7) is 8.78. The molecule has 1 aliphatic carbocycles. The van der Waals surface area contributed by atoms with E-state index < -0.39 is 20.9 Å². The van der Waals surface area contributed by atoms with Crippen molar-refractivity contribution in [1.29, 1.82) is 0 Å². The van der Waals surface area contributed by atoms with Crippen LogP contribution >= 0.6 is 0 Å². The highest BCUT2D eigenvalue weighted by atomic mass is 32.2. The average Bonchev–Trinajstić information content (AvgIpc) is 3.07. The van der Waals surface area contributed by atoms with Gasteiger partial charge in [0.15, 0.2) is 0 Å². The Balaban J connectivity index is 2.37. The molecule has 1 fully saturated rings. The molecule has 0 amide bonds. The number of sulfonamides is 1. The van der Waals surface area contributed by atoms with Crippen LogP contribution in [0, 0.1) is 0 Å². The van der Waals surface area contributed by atoms with Crippen LogP contribution < -0.4 is 10.0 Å². The van der Waals surface area contributed by atoms with Crippen LogP contribution in [0.15, 0.2) is 0 Å². The summed E-state index contributed by atoms with van der Waals surface area (Å²) in [6.07, 6.45) is 2.33. The summed E-state index contributed by atoms with van der Waals surface area (Å²) in [7, 11) is -3.27. The Kier molecular flexibility index (Phi) is 5.58. The van der Waals surface area contributed by atoms with Gasteiger partial charge in [-0.2, -0.15) is 0 Å². The third-order valence-corrected chi connectivity index (χ3v) is 4.81. The van der Waals surface area contributed by atoms with E-state index >= 15 is 0 Å². The van der Waals surface area contributed by atoms with Gasteiger partial charge in [-0.15, -0.1) is 0 Å². The normalized spacial score (nSPS) is 18.9. The maximum atomic E-state index is 12.0. The minimum atomic E-state index is -3.27. The second kappa shape index (κ2) is 6.32. The fraction of sp³-hybridized carbons (Fsp3) is 1.00. The fourth-order valence-electron chi connectivity index (χ4n) is 1.59. The monoisotopic (exact) mass is 278 g/mol. The van der Waals surface area contributed by atoms with Crippen molar-refractivity contribution in [2.24, 2.45) is 0 Å². The van der Waals surface area contributed by atoms with E-state index in [1.54, 1.807) is 6.92 Å². The Hall–Kier alpha value is -0.170. The van der Waals surface area contributed by atoms with Crippen LogP contribution in [0.2, 0.25) is 0 Å². The van der Waals surface area contributed by atoms with E-state index in [1.807, 2.05) is 20.8 Å². The van der Waals surface area contributed by atoms with Crippen molar-refractivity contribution in [2.75, 3.05) is 19.7 Å². The van der Waals surface area contributed by atoms with E-state index in [-0.39, 0.29) is 0 Å². The highest BCUT2D eigenvalue weighted by molar-refractivity contribution is 7.90. The number of hydrogen-bond donors (Lipinski definition) is 2. The maximum absolute atomic E-state index is 12.0. The Morgan fingerprint density at radius 2 is 2.00 bits per heavy atom. The predicted octanol–water partition coefficient (Wildman–Crippen LogP) is 0.861. The van der Waals surface area contributed by atoms with Crippen molar-refractivity contribution >= 4 is 10.0 Å². The first-order chi connectivity index (χ1) is 8.27. The molecule has 0 aromatic carbocycles. The van der Waals surface area contributed by atoms with Crippen LogP contribution in [0.1, 0.15) is 40.5 Å². The molecule has 0 bridgehead atoms. The third-order valence-electron chi connectivity index (χ3n) is 3.04. The molecule has 0 aromatic heterocycles. The van der Waals surface area contributed by atoms with Crippen molar-refractivity contribution in [1.82, 2.24) is 10.0 Å². The molecule has 5 nitrogen and oxygen atoms in total. The summed E-state index contributed by atoms with van der Waals surface area (Å²) in [5.74, 6) is 0. The summed E-state index contributed by atoms with van der Waals surface area (Å²) in [5, 5.41) is 2.81. The van der Waals surface area contributed by atoms with Gasteiger partial charge >= 0.3 is 0 Å². The van der Waals surface area contributed by atoms with Crippen molar-refractivity contribution in [3.05, 3.63) is 0 Å². The fourth-order valence-corrected chi connectivity index (χ4v) is 2.74. The van der Waals surface area contributed by atoms with Gasteiger partial charge in [0.05, 0.1) is 10.9 Å². The Bertz CT molecular complexity index is 350. The molecule has 0 radical (unpaired) electrons. The van der Waals surface area contributed by atoms with Crippen LogP contribution in [-0.4, -0.2) is 45.0 Å². The molecule has 1 aliphatic rings. The van der Waals surface area contributed by atoms with Crippen LogP contribution in [0.4, 0.5) is 0 Å². The lowest BCUT2D eigenvalue weighted by Gasteiger charge is -2.26.